The number of hydrogen-bond acceptors (Lipinski definition) is 7. The van der Waals surface area contributed by atoms with Crippen LogP contribution in [0, 0.1) is 0 Å². The van der Waals surface area contributed by atoms with E-state index in [0.717, 1.165) is 16.8 Å². The topological polar surface area (TPSA) is 134 Å². The zero-order chi connectivity index (χ0) is 20.6. The summed E-state index contributed by atoms with van der Waals surface area (Å²) in [6, 6.07) is 16.5. The Labute approximate surface area is 168 Å². The Morgan fingerprint density at radius 3 is 2.41 bits per heavy atom. The first-order chi connectivity index (χ1) is 14.0. The van der Waals surface area contributed by atoms with Crippen LogP contribution in [-0.2, 0) is 11.2 Å². The highest BCUT2D eigenvalue weighted by atomic mass is 16.5. The summed E-state index contributed by atoms with van der Waals surface area (Å²) < 4.78 is 10.9. The maximum Gasteiger partial charge on any atom is 0.341 e. The molecule has 2 aromatic carbocycles. The van der Waals surface area contributed by atoms with E-state index in [-0.39, 0.29) is 5.95 Å². The first-order valence-electron chi connectivity index (χ1n) is 9.07. The van der Waals surface area contributed by atoms with Gasteiger partial charge in [-0.15, -0.1) is 0 Å². The molecule has 3 rings (SSSR count). The minimum Gasteiger partial charge on any atom is -0.493 e. The molecule has 1 aromatic heterocycles. The Morgan fingerprint density at radius 1 is 0.966 bits per heavy atom. The maximum absolute atomic E-state index is 10.6. The van der Waals surface area contributed by atoms with E-state index in [2.05, 4.69) is 9.97 Å². The number of ether oxygens (including phenoxy) is 2. The highest BCUT2D eigenvalue weighted by Gasteiger charge is 2.13. The number of aromatic nitrogens is 2. The number of rotatable bonds is 9. The Balaban J connectivity index is 1.63. The molecule has 150 valence electrons. The smallest absolute Gasteiger partial charge is 0.341 e. The van der Waals surface area contributed by atoms with Crippen LogP contribution in [0.1, 0.15) is 12.1 Å². The van der Waals surface area contributed by atoms with Crippen molar-refractivity contribution in [2.45, 2.75) is 12.8 Å². The summed E-state index contributed by atoms with van der Waals surface area (Å²) >= 11 is 0. The molecule has 0 unspecified atom stereocenters. The third kappa shape index (κ3) is 5.58. The molecule has 1 heterocycles. The molecule has 0 radical (unpaired) electrons. The third-order valence-corrected chi connectivity index (χ3v) is 4.09. The van der Waals surface area contributed by atoms with E-state index in [4.69, 9.17) is 26.0 Å². The molecule has 0 saturated carbocycles. The molecular formula is C21H22N4O4. The monoisotopic (exact) mass is 394 g/mol. The minimum atomic E-state index is -1.03. The van der Waals surface area contributed by atoms with E-state index in [0.29, 0.717) is 36.8 Å². The molecule has 29 heavy (non-hydrogen) atoms. The number of hydrogen-bond donors (Lipinski definition) is 3. The summed E-state index contributed by atoms with van der Waals surface area (Å²) in [5, 5.41) is 8.68. The lowest BCUT2D eigenvalue weighted by Crippen LogP contribution is -2.09. The number of benzene rings is 2. The van der Waals surface area contributed by atoms with Crippen LogP contribution in [0.15, 0.2) is 54.6 Å². The van der Waals surface area contributed by atoms with E-state index in [1.54, 1.807) is 24.3 Å². The molecule has 0 aliphatic heterocycles. The Hall–Kier alpha value is -3.81. The van der Waals surface area contributed by atoms with Crippen molar-refractivity contribution in [3.05, 3.63) is 60.3 Å². The second-order valence-electron chi connectivity index (χ2n) is 6.26. The molecular weight excluding hydrogens is 372 g/mol. The van der Waals surface area contributed by atoms with Crippen LogP contribution in [0.4, 0.5) is 11.8 Å². The summed E-state index contributed by atoms with van der Waals surface area (Å²) in [6.07, 6.45) is 1.28. The van der Waals surface area contributed by atoms with Gasteiger partial charge in [0.05, 0.1) is 12.3 Å². The number of nitrogens with two attached hydrogens (primary N) is 2. The van der Waals surface area contributed by atoms with Gasteiger partial charge >= 0.3 is 5.97 Å². The molecule has 3 aromatic rings. The number of carboxylic acid groups (broad SMARTS) is 1. The molecule has 0 bridgehead atoms. The van der Waals surface area contributed by atoms with Crippen molar-refractivity contribution >= 4 is 17.7 Å². The molecule has 0 fully saturated rings. The quantitative estimate of drug-likeness (QED) is 0.472. The second-order valence-corrected chi connectivity index (χ2v) is 6.26. The van der Waals surface area contributed by atoms with Crippen molar-refractivity contribution in [1.29, 1.82) is 0 Å². The maximum atomic E-state index is 10.6. The SMILES string of the molecule is Nc1nc(N)c(-c2ccccc2)c(CCCOc2cccc(OCC(=O)O)c2)n1. The highest BCUT2D eigenvalue weighted by molar-refractivity contribution is 5.76. The van der Waals surface area contributed by atoms with Crippen molar-refractivity contribution < 1.29 is 19.4 Å². The van der Waals surface area contributed by atoms with E-state index in [1.807, 2.05) is 30.3 Å². The van der Waals surface area contributed by atoms with Gasteiger partial charge in [0.25, 0.3) is 0 Å². The van der Waals surface area contributed by atoms with Crippen molar-refractivity contribution in [2.75, 3.05) is 24.7 Å². The normalized spacial score (nSPS) is 10.5. The zero-order valence-corrected chi connectivity index (χ0v) is 15.7. The van der Waals surface area contributed by atoms with E-state index < -0.39 is 12.6 Å². The average molecular weight is 394 g/mol. The van der Waals surface area contributed by atoms with Crippen LogP contribution in [0.2, 0.25) is 0 Å². The van der Waals surface area contributed by atoms with Gasteiger partial charge in [-0.3, -0.25) is 0 Å². The van der Waals surface area contributed by atoms with Gasteiger partial charge in [0.1, 0.15) is 17.3 Å². The molecule has 5 N–H and O–H groups in total. The van der Waals surface area contributed by atoms with Crippen LogP contribution in [0.5, 0.6) is 11.5 Å². The standard InChI is InChI=1S/C21H22N4O4/c22-20-19(14-6-2-1-3-7-14)17(24-21(23)25-20)10-5-11-28-15-8-4-9-16(12-15)29-13-18(26)27/h1-4,6-9,12H,5,10-11,13H2,(H,26,27)(H4,22,23,24,25). The molecule has 0 saturated heterocycles. The number of aryl methyl sites for hydroxylation is 1. The fraction of sp³-hybridized carbons (Fsp3) is 0.190. The van der Waals surface area contributed by atoms with Crippen molar-refractivity contribution in [1.82, 2.24) is 9.97 Å². The average Bonchev–Trinajstić information content (AvgIpc) is 2.70. The fourth-order valence-corrected chi connectivity index (χ4v) is 2.88. The van der Waals surface area contributed by atoms with Crippen LogP contribution in [0.25, 0.3) is 11.1 Å². The number of carboxylic acids is 1. The predicted molar refractivity (Wildman–Crippen MR) is 110 cm³/mol. The molecule has 0 amide bonds. The largest absolute Gasteiger partial charge is 0.493 e. The summed E-state index contributed by atoms with van der Waals surface area (Å²) in [7, 11) is 0. The molecule has 0 aliphatic carbocycles. The number of carbonyl (C=O) groups is 1. The molecule has 0 spiro atoms. The first kappa shape index (κ1) is 19.9. The van der Waals surface area contributed by atoms with Gasteiger partial charge in [0.15, 0.2) is 6.61 Å². The van der Waals surface area contributed by atoms with Crippen molar-refractivity contribution in [2.24, 2.45) is 0 Å². The van der Waals surface area contributed by atoms with E-state index in [1.165, 1.54) is 0 Å². The lowest BCUT2D eigenvalue weighted by atomic mass is 10.0. The molecule has 0 atom stereocenters. The summed E-state index contributed by atoms with van der Waals surface area (Å²) in [4.78, 5) is 19.0. The van der Waals surface area contributed by atoms with Gasteiger partial charge in [0.2, 0.25) is 5.95 Å². The zero-order valence-electron chi connectivity index (χ0n) is 15.7. The number of nitrogen functional groups attached to an aromatic ring is 2. The number of nitrogens with zero attached hydrogens (tertiary/aromatic N) is 2. The predicted octanol–water partition coefficient (Wildman–Crippen LogP) is 2.78. The van der Waals surface area contributed by atoms with Crippen LogP contribution >= 0.6 is 0 Å². The third-order valence-electron chi connectivity index (χ3n) is 4.09. The number of aliphatic carboxylic acids is 1. The summed E-state index contributed by atoms with van der Waals surface area (Å²) in [5.41, 5.74) is 14.4. The van der Waals surface area contributed by atoms with Gasteiger partial charge in [-0.2, -0.15) is 4.98 Å². The van der Waals surface area contributed by atoms with Crippen LogP contribution < -0.4 is 20.9 Å². The molecule has 8 nitrogen and oxygen atoms in total. The van der Waals surface area contributed by atoms with Crippen LogP contribution in [-0.4, -0.2) is 34.3 Å². The lowest BCUT2D eigenvalue weighted by molar-refractivity contribution is -0.139. The fourth-order valence-electron chi connectivity index (χ4n) is 2.88. The van der Waals surface area contributed by atoms with Gasteiger partial charge < -0.3 is 26.0 Å². The summed E-state index contributed by atoms with van der Waals surface area (Å²) in [6.45, 7) is 0.0305. The Bertz CT molecular complexity index is 980. The van der Waals surface area contributed by atoms with E-state index in [9.17, 15) is 4.79 Å². The van der Waals surface area contributed by atoms with Crippen molar-refractivity contribution in [3.63, 3.8) is 0 Å². The van der Waals surface area contributed by atoms with E-state index >= 15 is 0 Å². The highest BCUT2D eigenvalue weighted by Crippen LogP contribution is 2.29. The molecule has 0 aliphatic rings. The minimum absolute atomic E-state index is 0.140. The Morgan fingerprint density at radius 2 is 1.69 bits per heavy atom. The second kappa shape index (κ2) is 9.41. The van der Waals surface area contributed by atoms with Gasteiger partial charge in [-0.25, -0.2) is 9.78 Å². The number of anilines is 2. The lowest BCUT2D eigenvalue weighted by Gasteiger charge is -2.13. The van der Waals surface area contributed by atoms with Gasteiger partial charge in [0, 0.05) is 11.6 Å². The van der Waals surface area contributed by atoms with Crippen LogP contribution in [0.3, 0.4) is 0 Å². The first-order valence-corrected chi connectivity index (χ1v) is 9.07. The summed E-state index contributed by atoms with van der Waals surface area (Å²) in [5.74, 6) is 0.490. The molecule has 8 heteroatoms. The van der Waals surface area contributed by atoms with Gasteiger partial charge in [-0.05, 0) is 30.5 Å². The Kier molecular flexibility index (Phi) is 6.47. The van der Waals surface area contributed by atoms with Gasteiger partial charge in [-0.1, -0.05) is 36.4 Å². The van der Waals surface area contributed by atoms with Crippen molar-refractivity contribution in [3.8, 4) is 22.6 Å².